The summed E-state index contributed by atoms with van der Waals surface area (Å²) in [6.45, 7) is 8.62. The van der Waals surface area contributed by atoms with Crippen LogP contribution in [0.25, 0.3) is 22.5 Å². The van der Waals surface area contributed by atoms with Crippen LogP contribution in [0, 0.1) is 5.41 Å². The summed E-state index contributed by atoms with van der Waals surface area (Å²) in [6, 6.07) is 46.6. The highest BCUT2D eigenvalue weighted by atomic mass is 16.5. The number of hydrogen-bond acceptors (Lipinski definition) is 9. The van der Waals surface area contributed by atoms with E-state index in [0.717, 1.165) is 45.4 Å². The van der Waals surface area contributed by atoms with Crippen LogP contribution in [-0.4, -0.2) is 46.8 Å². The van der Waals surface area contributed by atoms with Gasteiger partial charge < -0.3 is 14.6 Å². The van der Waals surface area contributed by atoms with Gasteiger partial charge in [-0.1, -0.05) is 146 Å². The number of ether oxygens (including phenoxy) is 2. The quantitative estimate of drug-likeness (QED) is 0.0847. The number of esters is 2. The molecule has 2 heterocycles. The second-order valence-electron chi connectivity index (χ2n) is 15.5. The lowest BCUT2D eigenvalue weighted by Crippen LogP contribution is -2.39. The number of imidazole rings is 1. The fourth-order valence-electron chi connectivity index (χ4n) is 7.40. The van der Waals surface area contributed by atoms with Crippen LogP contribution in [0.5, 0.6) is 0 Å². The van der Waals surface area contributed by atoms with E-state index in [9.17, 15) is 14.7 Å². The summed E-state index contributed by atoms with van der Waals surface area (Å²) in [6.07, 6.45) is 0.180. The highest BCUT2D eigenvalue weighted by Gasteiger charge is 2.42. The Bertz CT molecular complexity index is 2410. The lowest BCUT2D eigenvalue weighted by Gasteiger charge is -2.36. The number of carbonyl (C=O) groups excluding carboxylic acids is 2. The van der Waals surface area contributed by atoms with Gasteiger partial charge in [0, 0.05) is 12.0 Å². The van der Waals surface area contributed by atoms with Crippen molar-refractivity contribution in [3.05, 3.63) is 179 Å². The molecule has 5 aromatic carbocycles. The number of aliphatic hydroxyl groups is 1. The highest BCUT2D eigenvalue weighted by molar-refractivity contribution is 5.89. The third-order valence-electron chi connectivity index (χ3n) is 10.3. The molecule has 0 bridgehead atoms. The monoisotopic (exact) mass is 788 g/mol. The van der Waals surface area contributed by atoms with Crippen molar-refractivity contribution in [3.8, 4) is 22.5 Å². The summed E-state index contributed by atoms with van der Waals surface area (Å²) < 4.78 is 14.9. The Morgan fingerprint density at radius 2 is 1.27 bits per heavy atom. The molecule has 7 rings (SSSR count). The fraction of sp³-hybridized carbons (Fsp3) is 0.250. The number of aliphatic hydroxyl groups excluding tert-OH is 1. The molecule has 2 aromatic heterocycles. The molecule has 0 spiro atoms. The molecule has 1 atom stereocenters. The largest absolute Gasteiger partial charge is 0.456 e. The first kappa shape index (κ1) is 40.5. The van der Waals surface area contributed by atoms with Crippen molar-refractivity contribution < 1.29 is 24.2 Å². The maximum Gasteiger partial charge on any atom is 0.359 e. The van der Waals surface area contributed by atoms with Crippen molar-refractivity contribution in [3.63, 3.8) is 0 Å². The van der Waals surface area contributed by atoms with Crippen LogP contribution in [0.4, 0.5) is 0 Å². The van der Waals surface area contributed by atoms with E-state index < -0.39 is 29.0 Å². The molecule has 1 unspecified atom stereocenters. The summed E-state index contributed by atoms with van der Waals surface area (Å²) in [5.74, 6) is 0.0246. The van der Waals surface area contributed by atoms with Crippen LogP contribution >= 0.6 is 0 Å². The van der Waals surface area contributed by atoms with Crippen LogP contribution in [0.3, 0.4) is 0 Å². The first-order valence-corrected chi connectivity index (χ1v) is 19.8. The zero-order chi connectivity index (χ0) is 41.6. The first-order valence-electron chi connectivity index (χ1n) is 19.8. The number of aromatic nitrogens is 6. The smallest absolute Gasteiger partial charge is 0.359 e. The van der Waals surface area contributed by atoms with Gasteiger partial charge in [0.15, 0.2) is 18.2 Å². The first-order chi connectivity index (χ1) is 28.5. The summed E-state index contributed by atoms with van der Waals surface area (Å²) in [4.78, 5) is 30.7. The predicted molar refractivity (Wildman–Crippen MR) is 225 cm³/mol. The molecule has 0 saturated heterocycles. The van der Waals surface area contributed by atoms with Gasteiger partial charge in [0.2, 0.25) is 0 Å². The lowest BCUT2D eigenvalue weighted by molar-refractivity contribution is -0.157. The maximum atomic E-state index is 13.6. The molecule has 300 valence electrons. The van der Waals surface area contributed by atoms with Gasteiger partial charge in [-0.05, 0) is 77.9 Å². The van der Waals surface area contributed by atoms with Crippen molar-refractivity contribution in [2.45, 2.75) is 72.4 Å². The molecule has 1 N–H and O–H groups in total. The molecule has 59 heavy (non-hydrogen) atoms. The van der Waals surface area contributed by atoms with Gasteiger partial charge in [0.05, 0.1) is 17.2 Å². The van der Waals surface area contributed by atoms with Crippen LogP contribution in [-0.2, 0) is 39.6 Å². The molecule has 11 nitrogen and oxygen atoms in total. The molecule has 0 amide bonds. The average Bonchev–Trinajstić information content (AvgIpc) is 3.89. The van der Waals surface area contributed by atoms with Crippen molar-refractivity contribution >= 4 is 11.9 Å². The molecule has 0 aliphatic heterocycles. The fourth-order valence-corrected chi connectivity index (χ4v) is 7.40. The number of nitrogens with zero attached hydrogens (tertiary/aromatic N) is 6. The van der Waals surface area contributed by atoms with Gasteiger partial charge in [-0.2, -0.15) is 0 Å². The minimum Gasteiger partial charge on any atom is -0.456 e. The number of rotatable bonds is 14. The van der Waals surface area contributed by atoms with Crippen molar-refractivity contribution in [2.24, 2.45) is 5.41 Å². The minimum atomic E-state index is -1.07. The Kier molecular flexibility index (Phi) is 11.9. The summed E-state index contributed by atoms with van der Waals surface area (Å²) in [5.41, 5.74) is 5.03. The van der Waals surface area contributed by atoms with Crippen molar-refractivity contribution in [1.82, 2.24) is 29.8 Å². The lowest BCUT2D eigenvalue weighted by atomic mass is 9.77. The Labute approximate surface area is 344 Å². The summed E-state index contributed by atoms with van der Waals surface area (Å²) >= 11 is 0. The minimum absolute atomic E-state index is 0.00360. The third-order valence-corrected chi connectivity index (χ3v) is 10.3. The Morgan fingerprint density at radius 3 is 1.80 bits per heavy atom. The number of tetrazole rings is 1. The van der Waals surface area contributed by atoms with E-state index >= 15 is 0 Å². The Hall–Kier alpha value is -6.72. The molecule has 0 radical (unpaired) electrons. The molecule has 0 fully saturated rings. The van der Waals surface area contributed by atoms with E-state index in [1.165, 1.54) is 0 Å². The van der Waals surface area contributed by atoms with E-state index in [2.05, 4.69) is 51.7 Å². The summed E-state index contributed by atoms with van der Waals surface area (Å²) in [7, 11) is 0. The van der Waals surface area contributed by atoms with Gasteiger partial charge >= 0.3 is 11.9 Å². The number of hydrogen-bond donors (Lipinski definition) is 1. The zero-order valence-corrected chi connectivity index (χ0v) is 33.9. The molecule has 0 aliphatic carbocycles. The van der Waals surface area contributed by atoms with E-state index in [-0.39, 0.29) is 24.7 Å². The normalized spacial score (nSPS) is 12.2. The molecule has 11 heteroatoms. The standard InChI is InChI=1S/C48H48N6O5/c1-6-18-41-49-42(43(33(2)55)53(41)32-59-46(57)47(3,4)5)45(56)58-31-34-27-29-35(30-28-34)39-25-16-17-26-40(39)44-50-51-52-54(44)48(36-19-10-7-11-20-36,37-21-12-8-13-22-37)38-23-14-9-15-24-38/h7-17,19-30,33,55H,6,18,31-32H2,1-5H3. The Balaban J connectivity index is 1.19. The number of carbonyl (C=O) groups is 2. The summed E-state index contributed by atoms with van der Waals surface area (Å²) in [5, 5.41) is 24.5. The molecular weight excluding hydrogens is 741 g/mol. The van der Waals surface area contributed by atoms with Gasteiger partial charge in [0.1, 0.15) is 18.0 Å². The second kappa shape index (κ2) is 17.4. The van der Waals surface area contributed by atoms with E-state index in [1.807, 2.05) is 115 Å². The second-order valence-corrected chi connectivity index (χ2v) is 15.5. The Morgan fingerprint density at radius 1 is 0.729 bits per heavy atom. The third kappa shape index (κ3) is 8.19. The SMILES string of the molecule is CCCc1nc(C(=O)OCc2ccc(-c3ccccc3-c3nnnn3C(c3ccccc3)(c3ccccc3)c3ccccc3)cc2)c(C(C)O)n1COC(=O)C(C)(C)C. The van der Waals surface area contributed by atoms with E-state index in [4.69, 9.17) is 14.7 Å². The maximum absolute atomic E-state index is 13.6. The van der Waals surface area contributed by atoms with Crippen LogP contribution in [0.1, 0.15) is 91.4 Å². The average molecular weight is 789 g/mol. The molecule has 7 aromatic rings. The van der Waals surface area contributed by atoms with Crippen LogP contribution in [0.15, 0.2) is 140 Å². The van der Waals surface area contributed by atoms with Crippen LogP contribution in [0.2, 0.25) is 0 Å². The topological polar surface area (TPSA) is 134 Å². The zero-order valence-electron chi connectivity index (χ0n) is 33.9. The predicted octanol–water partition coefficient (Wildman–Crippen LogP) is 8.95. The van der Waals surface area contributed by atoms with Crippen molar-refractivity contribution in [2.75, 3.05) is 0 Å². The van der Waals surface area contributed by atoms with Gasteiger partial charge in [0.25, 0.3) is 0 Å². The van der Waals surface area contributed by atoms with Crippen molar-refractivity contribution in [1.29, 1.82) is 0 Å². The number of benzene rings is 5. The van der Waals surface area contributed by atoms with Gasteiger partial charge in [-0.3, -0.25) is 9.36 Å². The van der Waals surface area contributed by atoms with Gasteiger partial charge in [-0.15, -0.1) is 5.10 Å². The van der Waals surface area contributed by atoms with Crippen LogP contribution < -0.4 is 0 Å². The number of aryl methyl sites for hydroxylation is 1. The van der Waals surface area contributed by atoms with E-state index in [1.54, 1.807) is 32.3 Å². The van der Waals surface area contributed by atoms with E-state index in [0.29, 0.717) is 18.1 Å². The molecule has 0 saturated carbocycles. The van der Waals surface area contributed by atoms with Gasteiger partial charge in [-0.25, -0.2) is 14.5 Å². The molecule has 0 aliphatic rings. The highest BCUT2D eigenvalue weighted by Crippen LogP contribution is 2.43. The molecular formula is C48H48N6O5.